The molecule has 13 rings (SSSR count). The highest BCUT2D eigenvalue weighted by molar-refractivity contribution is 7.19. The fourth-order valence-electron chi connectivity index (χ4n) is 8.62. The van der Waals surface area contributed by atoms with Crippen LogP contribution in [0.5, 0.6) is 0 Å². The Kier molecular flexibility index (Phi) is 3.96. The Morgan fingerprint density at radius 2 is 0.859 bits per heavy atom. The molecule has 4 heteroatoms. The minimum absolute atomic E-state index is 0.143. The summed E-state index contributed by atoms with van der Waals surface area (Å²) in [4.78, 5) is 0. The molecule has 0 fully saturated rings. The maximum atomic E-state index is 10.5. The molecule has 0 N–H and O–H groups in total. The average molecular weight is 863 g/mol. The second-order valence-electron chi connectivity index (χ2n) is 14.5. The van der Waals surface area contributed by atoms with Crippen molar-refractivity contribution < 1.29 is 45.5 Å². The Morgan fingerprint density at radius 1 is 0.391 bits per heavy atom. The summed E-state index contributed by atoms with van der Waals surface area (Å²) in [6, 6.07) is -11.3. The molecular formula is C60H40N2OSi. The molecule has 0 bridgehead atoms. The lowest BCUT2D eigenvalue weighted by molar-refractivity contribution is 0.666. The summed E-state index contributed by atoms with van der Waals surface area (Å²) < 4.78 is 289. The van der Waals surface area contributed by atoms with E-state index < -0.39 is 288 Å². The first-order chi connectivity index (χ1) is 44.3. The molecule has 64 heavy (non-hydrogen) atoms. The Morgan fingerprint density at radius 3 is 1.45 bits per heavy atom. The number of benzene rings is 10. The van der Waals surface area contributed by atoms with Crippen LogP contribution >= 0.6 is 0 Å². The first kappa shape index (κ1) is 17.5. The number of para-hydroxylation sites is 4. The van der Waals surface area contributed by atoms with Crippen molar-refractivity contribution in [3.8, 4) is 22.5 Å². The SMILES string of the molecule is [2H]c1c([2H])c([2H])c(-c2c([2H])c([2H])c([Si](c3ccccc3)(c3ccccc3)c3c([2H])c([2H])c(-n4c5c([2H])c([2H])c([2H])c([2H])c5c5c([2H])c(-n6c7c([2H])c([2H])c([2H])c([2H])c7c7c([2H])c([2H])c([2H])c([2H])c76)c6oc7c([2H])c([2H])c([2H])c([2H])c7c6c54)c([2H])c3[2H])c([2H])c2[2H])c([2H])c1[2H]. The van der Waals surface area contributed by atoms with Gasteiger partial charge in [-0.25, -0.2) is 0 Å². The van der Waals surface area contributed by atoms with Gasteiger partial charge >= 0.3 is 0 Å². The summed E-state index contributed by atoms with van der Waals surface area (Å²) >= 11 is 0. The van der Waals surface area contributed by atoms with Crippen molar-refractivity contribution in [3.63, 3.8) is 0 Å². The van der Waals surface area contributed by atoms with Crippen molar-refractivity contribution in [2.24, 2.45) is 0 Å². The molecule has 10 aromatic carbocycles. The lowest BCUT2D eigenvalue weighted by Gasteiger charge is -2.34. The first-order valence-corrected chi connectivity index (χ1v) is 21.6. The molecule has 13 aromatic rings. The van der Waals surface area contributed by atoms with Crippen LogP contribution in [0.4, 0.5) is 0 Å². The van der Waals surface area contributed by atoms with Crippen LogP contribution in [-0.2, 0) is 0 Å². The van der Waals surface area contributed by atoms with Crippen molar-refractivity contribution in [1.82, 2.24) is 9.13 Å². The molecule has 3 heterocycles. The van der Waals surface area contributed by atoms with Crippen molar-refractivity contribution in [1.29, 1.82) is 0 Å². The van der Waals surface area contributed by atoms with Crippen molar-refractivity contribution in [2.45, 2.75) is 0 Å². The number of fused-ring (bicyclic) bond motifs is 10. The van der Waals surface area contributed by atoms with Crippen molar-refractivity contribution in [2.75, 3.05) is 0 Å². The fraction of sp³-hybridized carbons (Fsp3) is 0. The molecule has 0 saturated heterocycles. The lowest BCUT2D eigenvalue weighted by Crippen LogP contribution is -2.74. The van der Waals surface area contributed by atoms with Gasteiger partial charge in [-0.1, -0.05) is 200 Å². The van der Waals surface area contributed by atoms with Crippen LogP contribution in [0.15, 0.2) is 246 Å². The van der Waals surface area contributed by atoms with E-state index in [1.54, 1.807) is 36.4 Å². The van der Waals surface area contributed by atoms with Gasteiger partial charge in [-0.3, -0.25) is 0 Å². The van der Waals surface area contributed by atoms with Crippen LogP contribution in [0.2, 0.25) is 0 Å². The highest BCUT2D eigenvalue weighted by Crippen LogP contribution is 2.45. The molecule has 0 atom stereocenters. The molecule has 3 nitrogen and oxygen atoms in total. The summed E-state index contributed by atoms with van der Waals surface area (Å²) in [6.45, 7) is 0. The lowest BCUT2D eigenvalue weighted by atomic mass is 10.1. The topological polar surface area (TPSA) is 23.0 Å². The van der Waals surface area contributed by atoms with E-state index in [4.69, 9.17) is 25.0 Å². The van der Waals surface area contributed by atoms with Gasteiger partial charge in [-0.05, 0) is 74.2 Å². The van der Waals surface area contributed by atoms with Crippen LogP contribution in [0, 0.1) is 0 Å². The Labute approximate surface area is 413 Å². The molecule has 0 radical (unpaired) electrons. The number of aromatic nitrogens is 2. The second-order valence-corrected chi connectivity index (χ2v) is 18.2. The third-order valence-corrected chi connectivity index (χ3v) is 15.7. The van der Waals surface area contributed by atoms with E-state index >= 15 is 0 Å². The number of hydrogen-bond acceptors (Lipinski definition) is 1. The largest absolute Gasteiger partial charge is 0.454 e. The Bertz CT molecular complexity index is 5480. The normalized spacial score (nSPS) is 18.6. The average Bonchev–Trinajstić information content (AvgIpc) is 1.38. The monoisotopic (exact) mass is 862 g/mol. The molecular weight excluding hydrogens is 793 g/mol. The molecule has 300 valence electrons. The summed E-state index contributed by atoms with van der Waals surface area (Å²) in [7, 11) is -5.06. The van der Waals surface area contributed by atoms with E-state index in [1.165, 1.54) is 24.3 Å². The number of furan rings is 1. The molecule has 0 amide bonds. The molecule has 0 unspecified atom stereocenters. The van der Waals surface area contributed by atoms with Crippen LogP contribution < -0.4 is 20.7 Å². The molecule has 0 aliphatic rings. The zero-order valence-corrected chi connectivity index (χ0v) is 33.6. The fourth-order valence-corrected chi connectivity index (χ4v) is 12.7. The Balaban J connectivity index is 1.27. The highest BCUT2D eigenvalue weighted by Gasteiger charge is 2.41. The van der Waals surface area contributed by atoms with Gasteiger partial charge in [0.2, 0.25) is 0 Å². The maximum Gasteiger partial charge on any atom is 0.179 e. The van der Waals surface area contributed by atoms with Crippen LogP contribution in [-0.4, -0.2) is 17.2 Å². The number of rotatable bonds is 7. The number of nitrogens with zero attached hydrogens (tertiary/aromatic N) is 2. The van der Waals surface area contributed by atoms with Crippen molar-refractivity contribution in [3.05, 3.63) is 242 Å². The van der Waals surface area contributed by atoms with Gasteiger partial charge in [0, 0.05) is 32.6 Å². The maximum absolute atomic E-state index is 10.5. The standard InChI is InChI=1S/C60H40N2OSi/c1-4-18-41(19-5-1)42-32-36-46(37-33-42)64(44-20-6-2-7-21-44,45-22-8-3-9-23-45)47-38-34-43(35-39-47)61-53-28-14-12-26-50(53)52-40-56(60-58(59(52)61)51-27-13-17-31-57(51)63-60)62-54-29-15-10-24-48(54)49-25-11-16-30-55(49)62/h1-40H/i1D,4D,5D,10D,11D,12D,13D,14D,15D,16D,17D,18D,19D,24D,25D,26D,27D,28D,29D,30D,31D,32D,33D,34D,35D,36D,37D,38D,39D,40D. The minimum Gasteiger partial charge on any atom is -0.454 e. The predicted octanol–water partition coefficient (Wildman–Crippen LogP) is 12.8. The Hall–Kier alpha value is -8.18. The van der Waals surface area contributed by atoms with Gasteiger partial charge in [0.05, 0.1) is 74.3 Å². The quantitative estimate of drug-likeness (QED) is 0.116. The van der Waals surface area contributed by atoms with Crippen molar-refractivity contribution >= 4 is 94.4 Å². The first-order valence-electron chi connectivity index (χ1n) is 34.6. The van der Waals surface area contributed by atoms with Gasteiger partial charge < -0.3 is 13.6 Å². The van der Waals surface area contributed by atoms with E-state index in [9.17, 15) is 20.6 Å². The van der Waals surface area contributed by atoms with Crippen LogP contribution in [0.3, 0.4) is 0 Å². The third kappa shape index (κ3) is 5.33. The van der Waals surface area contributed by atoms with Gasteiger partial charge in [0.15, 0.2) is 13.7 Å². The van der Waals surface area contributed by atoms with Gasteiger partial charge in [0.25, 0.3) is 0 Å². The van der Waals surface area contributed by atoms with E-state index in [1.807, 2.05) is 0 Å². The second kappa shape index (κ2) is 14.5. The van der Waals surface area contributed by atoms with Gasteiger partial charge in [0.1, 0.15) is 5.58 Å². The summed E-state index contributed by atoms with van der Waals surface area (Å²) in [6.07, 6.45) is 0. The minimum atomic E-state index is -5.06. The van der Waals surface area contributed by atoms with Crippen LogP contribution in [0.25, 0.3) is 88.1 Å². The van der Waals surface area contributed by atoms with E-state index in [0.29, 0.717) is 0 Å². The zero-order valence-electron chi connectivity index (χ0n) is 62.6. The summed E-state index contributed by atoms with van der Waals surface area (Å²) in [5.41, 5.74) is -6.76. The van der Waals surface area contributed by atoms with Gasteiger partial charge in [-0.2, -0.15) is 0 Å². The van der Waals surface area contributed by atoms with E-state index in [0.717, 1.165) is 9.13 Å². The molecule has 0 spiro atoms. The molecule has 0 saturated carbocycles. The highest BCUT2D eigenvalue weighted by atomic mass is 28.3. The summed E-state index contributed by atoms with van der Waals surface area (Å²) in [5.74, 6) is 0. The smallest absolute Gasteiger partial charge is 0.179 e. The van der Waals surface area contributed by atoms with E-state index in [-0.39, 0.29) is 10.4 Å². The molecule has 3 aromatic heterocycles. The van der Waals surface area contributed by atoms with Crippen LogP contribution in [0.1, 0.15) is 41.1 Å². The van der Waals surface area contributed by atoms with Gasteiger partial charge in [-0.15, -0.1) is 0 Å². The zero-order chi connectivity index (χ0) is 68.3. The van der Waals surface area contributed by atoms with E-state index in [2.05, 4.69) is 0 Å². The third-order valence-electron chi connectivity index (χ3n) is 11.3. The summed E-state index contributed by atoms with van der Waals surface area (Å²) in [5, 5.41) is -4.04. The molecule has 0 aliphatic carbocycles. The molecule has 0 aliphatic heterocycles. The predicted molar refractivity (Wildman–Crippen MR) is 271 cm³/mol. The number of hydrogen-bond donors (Lipinski definition) is 0.